The highest BCUT2D eigenvalue weighted by molar-refractivity contribution is 7.99. The molecular formula is C17H20FN3O2S. The fourth-order valence-corrected chi connectivity index (χ4v) is 3.49. The van der Waals surface area contributed by atoms with Gasteiger partial charge in [0, 0.05) is 6.04 Å². The maximum atomic E-state index is 13.7. The Kier molecular flexibility index (Phi) is 5.50. The van der Waals surface area contributed by atoms with E-state index in [9.17, 15) is 9.18 Å². The van der Waals surface area contributed by atoms with Crippen LogP contribution in [0.4, 0.5) is 4.39 Å². The Balaban J connectivity index is 1.54. The first kappa shape index (κ1) is 17.0. The van der Waals surface area contributed by atoms with Crippen LogP contribution in [0.3, 0.4) is 0 Å². The molecule has 1 aromatic heterocycles. The summed E-state index contributed by atoms with van der Waals surface area (Å²) in [4.78, 5) is 12.1. The molecule has 1 aliphatic carbocycles. The van der Waals surface area contributed by atoms with E-state index in [0.717, 1.165) is 31.0 Å². The number of carbonyl (C=O) groups excluding carboxylic acids is 1. The van der Waals surface area contributed by atoms with Crippen LogP contribution in [0.5, 0.6) is 0 Å². The lowest BCUT2D eigenvalue weighted by Gasteiger charge is -2.29. The molecule has 0 radical (unpaired) electrons. The molecular weight excluding hydrogens is 329 g/mol. The number of rotatable bonds is 5. The molecule has 1 N–H and O–H groups in total. The number of halogens is 1. The standard InChI is InChI=1S/C17H20FN3O2S/c1-11-6-2-5-9-14(11)19-15(22)10-24-17-21-20-16(23-17)12-7-3-4-8-13(12)18/h3-4,7-8,11,14H,2,5-6,9-10H2,1H3,(H,19,22)/t11-,14+/m1/s1. The second-order valence-electron chi connectivity index (χ2n) is 6.08. The van der Waals surface area contributed by atoms with E-state index in [1.54, 1.807) is 18.2 Å². The van der Waals surface area contributed by atoms with Crippen LogP contribution in [0.25, 0.3) is 11.5 Å². The SMILES string of the molecule is C[C@@H]1CCCC[C@@H]1NC(=O)CSc1nnc(-c2ccccc2F)o1. The Morgan fingerprint density at radius 3 is 2.92 bits per heavy atom. The number of nitrogens with one attached hydrogen (secondary N) is 1. The number of nitrogens with zero attached hydrogens (tertiary/aromatic N) is 2. The molecule has 24 heavy (non-hydrogen) atoms. The molecule has 0 spiro atoms. The van der Waals surface area contributed by atoms with E-state index in [1.807, 2.05) is 0 Å². The van der Waals surface area contributed by atoms with Crippen LogP contribution >= 0.6 is 11.8 Å². The van der Waals surface area contributed by atoms with Gasteiger partial charge in [-0.2, -0.15) is 0 Å². The molecule has 7 heteroatoms. The van der Waals surface area contributed by atoms with Gasteiger partial charge in [0.25, 0.3) is 11.1 Å². The van der Waals surface area contributed by atoms with Gasteiger partial charge in [-0.15, -0.1) is 10.2 Å². The molecule has 2 aromatic rings. The minimum absolute atomic E-state index is 0.0376. The smallest absolute Gasteiger partial charge is 0.277 e. The van der Waals surface area contributed by atoms with E-state index in [2.05, 4.69) is 22.4 Å². The Labute approximate surface area is 144 Å². The van der Waals surface area contributed by atoms with Crippen LogP contribution in [0.15, 0.2) is 33.9 Å². The molecule has 128 valence electrons. The summed E-state index contributed by atoms with van der Waals surface area (Å²) >= 11 is 1.16. The zero-order valence-corrected chi connectivity index (χ0v) is 14.3. The Bertz CT molecular complexity index is 707. The van der Waals surface area contributed by atoms with Crippen LogP contribution in [0.1, 0.15) is 32.6 Å². The maximum absolute atomic E-state index is 13.7. The van der Waals surface area contributed by atoms with Crippen LogP contribution < -0.4 is 5.32 Å². The van der Waals surface area contributed by atoms with Gasteiger partial charge in [0.1, 0.15) is 5.82 Å². The van der Waals surface area contributed by atoms with Gasteiger partial charge in [-0.25, -0.2) is 4.39 Å². The summed E-state index contributed by atoms with van der Waals surface area (Å²) in [6.07, 6.45) is 4.60. The molecule has 1 fully saturated rings. The number of carbonyl (C=O) groups is 1. The second kappa shape index (κ2) is 7.79. The van der Waals surface area contributed by atoms with Crippen molar-refractivity contribution in [1.82, 2.24) is 15.5 Å². The lowest BCUT2D eigenvalue weighted by molar-refractivity contribution is -0.119. The highest BCUT2D eigenvalue weighted by atomic mass is 32.2. The predicted molar refractivity (Wildman–Crippen MR) is 90.0 cm³/mol. The van der Waals surface area contributed by atoms with Crippen LogP contribution in [-0.4, -0.2) is 27.9 Å². The summed E-state index contributed by atoms with van der Waals surface area (Å²) in [6, 6.07) is 6.47. The largest absolute Gasteiger partial charge is 0.411 e. The van der Waals surface area contributed by atoms with Crippen molar-refractivity contribution in [3.63, 3.8) is 0 Å². The van der Waals surface area contributed by atoms with E-state index < -0.39 is 5.82 Å². The van der Waals surface area contributed by atoms with E-state index in [4.69, 9.17) is 4.42 Å². The van der Waals surface area contributed by atoms with Gasteiger partial charge in [-0.3, -0.25) is 4.79 Å². The number of thioether (sulfide) groups is 1. The molecule has 0 saturated heterocycles. The Hall–Kier alpha value is -1.89. The van der Waals surface area contributed by atoms with E-state index >= 15 is 0 Å². The summed E-state index contributed by atoms with van der Waals surface area (Å²) in [6.45, 7) is 2.18. The predicted octanol–water partition coefficient (Wildman–Crippen LogP) is 3.66. The number of hydrogen-bond acceptors (Lipinski definition) is 5. The summed E-state index contributed by atoms with van der Waals surface area (Å²) in [5.74, 6) is 0.397. The van der Waals surface area contributed by atoms with Crippen molar-refractivity contribution in [2.24, 2.45) is 5.92 Å². The van der Waals surface area contributed by atoms with Gasteiger partial charge in [0.15, 0.2) is 0 Å². The average molecular weight is 349 g/mol. The molecule has 1 aromatic carbocycles. The highest BCUT2D eigenvalue weighted by Gasteiger charge is 2.23. The van der Waals surface area contributed by atoms with Gasteiger partial charge >= 0.3 is 0 Å². The molecule has 1 heterocycles. The molecule has 0 bridgehead atoms. The fourth-order valence-electron chi connectivity index (χ4n) is 2.92. The normalized spacial score (nSPS) is 20.8. The minimum Gasteiger partial charge on any atom is -0.411 e. The van der Waals surface area contributed by atoms with E-state index in [1.165, 1.54) is 12.5 Å². The third-order valence-corrected chi connectivity index (χ3v) is 5.11. The molecule has 1 saturated carbocycles. The van der Waals surface area contributed by atoms with Crippen molar-refractivity contribution >= 4 is 17.7 Å². The van der Waals surface area contributed by atoms with Crippen LogP contribution in [0.2, 0.25) is 0 Å². The first-order valence-corrected chi connectivity index (χ1v) is 9.12. The van der Waals surface area contributed by atoms with Crippen molar-refractivity contribution in [3.05, 3.63) is 30.1 Å². The molecule has 1 aliphatic rings. The first-order chi connectivity index (χ1) is 11.6. The minimum atomic E-state index is -0.415. The third-order valence-electron chi connectivity index (χ3n) is 4.30. The first-order valence-electron chi connectivity index (χ1n) is 8.14. The zero-order valence-electron chi connectivity index (χ0n) is 13.5. The molecule has 1 amide bonds. The monoisotopic (exact) mass is 349 g/mol. The van der Waals surface area contributed by atoms with Crippen LogP contribution in [0, 0.1) is 11.7 Å². The van der Waals surface area contributed by atoms with Gasteiger partial charge in [-0.1, -0.05) is 43.7 Å². The van der Waals surface area contributed by atoms with Gasteiger partial charge in [0.2, 0.25) is 5.91 Å². The van der Waals surface area contributed by atoms with Crippen molar-refractivity contribution in [2.75, 3.05) is 5.75 Å². The summed E-state index contributed by atoms with van der Waals surface area (Å²) in [7, 11) is 0. The highest BCUT2D eigenvalue weighted by Crippen LogP contribution is 2.26. The van der Waals surface area contributed by atoms with Crippen molar-refractivity contribution in [3.8, 4) is 11.5 Å². The van der Waals surface area contributed by atoms with E-state index in [0.29, 0.717) is 5.92 Å². The Morgan fingerprint density at radius 2 is 2.12 bits per heavy atom. The molecule has 5 nitrogen and oxygen atoms in total. The summed E-state index contributed by atoms with van der Waals surface area (Å²) in [5, 5.41) is 11.1. The number of amides is 1. The molecule has 2 atom stereocenters. The van der Waals surface area contributed by atoms with E-state index in [-0.39, 0.29) is 34.4 Å². The lowest BCUT2D eigenvalue weighted by Crippen LogP contribution is -2.41. The number of benzene rings is 1. The second-order valence-corrected chi connectivity index (χ2v) is 7.00. The average Bonchev–Trinajstić information content (AvgIpc) is 3.04. The van der Waals surface area contributed by atoms with Crippen molar-refractivity contribution in [2.45, 2.75) is 43.9 Å². The maximum Gasteiger partial charge on any atom is 0.277 e. The fraction of sp³-hybridized carbons (Fsp3) is 0.471. The van der Waals surface area contributed by atoms with Crippen LogP contribution in [-0.2, 0) is 4.79 Å². The molecule has 0 unspecified atom stereocenters. The summed E-state index contributed by atoms with van der Waals surface area (Å²) < 4.78 is 19.1. The Morgan fingerprint density at radius 1 is 1.33 bits per heavy atom. The molecule has 3 rings (SSSR count). The number of hydrogen-bond donors (Lipinski definition) is 1. The summed E-state index contributed by atoms with van der Waals surface area (Å²) in [5.41, 5.74) is 0.261. The van der Waals surface area contributed by atoms with Gasteiger partial charge in [0.05, 0.1) is 11.3 Å². The van der Waals surface area contributed by atoms with Gasteiger partial charge in [-0.05, 0) is 30.9 Å². The van der Waals surface area contributed by atoms with Crippen molar-refractivity contribution in [1.29, 1.82) is 0 Å². The molecule has 0 aliphatic heterocycles. The third kappa shape index (κ3) is 4.14. The van der Waals surface area contributed by atoms with Crippen molar-refractivity contribution < 1.29 is 13.6 Å². The lowest BCUT2D eigenvalue weighted by atomic mass is 9.86. The number of aromatic nitrogens is 2. The zero-order chi connectivity index (χ0) is 16.9. The quantitative estimate of drug-likeness (QED) is 0.834. The van der Waals surface area contributed by atoms with Gasteiger partial charge < -0.3 is 9.73 Å². The topological polar surface area (TPSA) is 68.0 Å².